The van der Waals surface area contributed by atoms with Crippen LogP contribution in [0.3, 0.4) is 0 Å². The Morgan fingerprint density at radius 1 is 1.09 bits per heavy atom. The third-order valence-corrected chi connectivity index (χ3v) is 7.03. The second-order valence-electron chi connectivity index (χ2n) is 9.74. The van der Waals surface area contributed by atoms with Gasteiger partial charge < -0.3 is 14.6 Å². The van der Waals surface area contributed by atoms with Crippen molar-refractivity contribution in [2.75, 3.05) is 13.1 Å². The van der Waals surface area contributed by atoms with Crippen LogP contribution in [-0.2, 0) is 25.7 Å². The highest BCUT2D eigenvalue weighted by molar-refractivity contribution is 6.08. The molecule has 3 atom stereocenters. The summed E-state index contributed by atoms with van der Waals surface area (Å²) in [6.07, 6.45) is 8.17. The highest BCUT2D eigenvalue weighted by Crippen LogP contribution is 2.37. The summed E-state index contributed by atoms with van der Waals surface area (Å²) in [6.45, 7) is 5.22. The third kappa shape index (κ3) is 4.89. The standard InChI is InChI=1S/C25H33N3O5/c1-16(2)14-21(28-23(30)19-7-3-4-8-20(19)24(28)31)25(32)27-11-9-17(10-12-27)22(29)26-15-18-6-5-13-33-18/h3-6,13,16-17,19-21H,7-12,14-15H2,1-2H3,(H,26,29). The zero-order valence-electron chi connectivity index (χ0n) is 19.4. The first-order valence-corrected chi connectivity index (χ1v) is 12.0. The van der Waals surface area contributed by atoms with Gasteiger partial charge >= 0.3 is 0 Å². The Balaban J connectivity index is 1.38. The molecule has 4 rings (SSSR count). The highest BCUT2D eigenvalue weighted by Gasteiger charge is 2.51. The van der Waals surface area contributed by atoms with Crippen molar-refractivity contribution in [2.24, 2.45) is 23.7 Å². The molecule has 1 aromatic rings. The first-order valence-electron chi connectivity index (χ1n) is 12.0. The van der Waals surface area contributed by atoms with Gasteiger partial charge in [0.25, 0.3) is 0 Å². The lowest BCUT2D eigenvalue weighted by Gasteiger charge is -2.36. The number of nitrogens with one attached hydrogen (secondary N) is 1. The molecule has 2 fully saturated rings. The van der Waals surface area contributed by atoms with Gasteiger partial charge in [-0.2, -0.15) is 0 Å². The molecule has 1 aliphatic carbocycles. The number of carbonyl (C=O) groups is 4. The summed E-state index contributed by atoms with van der Waals surface area (Å²) in [5.74, 6) is -0.627. The molecule has 0 aromatic carbocycles. The Morgan fingerprint density at radius 3 is 2.27 bits per heavy atom. The number of hydrogen-bond donors (Lipinski definition) is 1. The number of amides is 4. The Hall–Kier alpha value is -2.90. The predicted octanol–water partition coefficient (Wildman–Crippen LogP) is 2.50. The van der Waals surface area contributed by atoms with E-state index < -0.39 is 6.04 Å². The van der Waals surface area contributed by atoms with E-state index in [9.17, 15) is 19.2 Å². The van der Waals surface area contributed by atoms with Gasteiger partial charge in [0, 0.05) is 19.0 Å². The summed E-state index contributed by atoms with van der Waals surface area (Å²) in [6, 6.07) is 2.82. The van der Waals surface area contributed by atoms with Crippen molar-refractivity contribution in [1.29, 1.82) is 0 Å². The maximum absolute atomic E-state index is 13.5. The normalized spacial score (nSPS) is 24.3. The molecule has 2 saturated heterocycles. The van der Waals surface area contributed by atoms with Crippen molar-refractivity contribution in [2.45, 2.75) is 58.5 Å². The molecule has 33 heavy (non-hydrogen) atoms. The lowest BCUT2D eigenvalue weighted by atomic mass is 9.85. The van der Waals surface area contributed by atoms with Crippen molar-refractivity contribution in [3.63, 3.8) is 0 Å². The Kier molecular flexibility index (Phi) is 7.00. The summed E-state index contributed by atoms with van der Waals surface area (Å²) in [7, 11) is 0. The van der Waals surface area contributed by atoms with Gasteiger partial charge in [0.05, 0.1) is 24.6 Å². The second-order valence-corrected chi connectivity index (χ2v) is 9.74. The minimum Gasteiger partial charge on any atom is -0.467 e. The van der Waals surface area contributed by atoms with Gasteiger partial charge in [-0.15, -0.1) is 0 Å². The molecule has 3 unspecified atom stereocenters. The topological polar surface area (TPSA) is 99.9 Å². The molecule has 4 amide bonds. The summed E-state index contributed by atoms with van der Waals surface area (Å²) in [4.78, 5) is 55.3. The lowest BCUT2D eigenvalue weighted by Crippen LogP contribution is -2.54. The molecule has 0 spiro atoms. The molecule has 178 valence electrons. The van der Waals surface area contributed by atoms with Crippen LogP contribution in [0.1, 0.15) is 51.7 Å². The van der Waals surface area contributed by atoms with Crippen molar-refractivity contribution in [3.8, 4) is 0 Å². The predicted molar refractivity (Wildman–Crippen MR) is 120 cm³/mol. The van der Waals surface area contributed by atoms with Crippen LogP contribution in [0.15, 0.2) is 35.0 Å². The summed E-state index contributed by atoms with van der Waals surface area (Å²) in [5, 5.41) is 2.89. The van der Waals surface area contributed by atoms with E-state index in [1.54, 1.807) is 17.2 Å². The van der Waals surface area contributed by atoms with E-state index in [-0.39, 0.29) is 47.3 Å². The first-order chi connectivity index (χ1) is 15.9. The Morgan fingerprint density at radius 2 is 1.73 bits per heavy atom. The van der Waals surface area contributed by atoms with Crippen LogP contribution in [0.4, 0.5) is 0 Å². The maximum atomic E-state index is 13.5. The zero-order chi connectivity index (χ0) is 23.5. The smallest absolute Gasteiger partial charge is 0.245 e. The van der Waals surface area contributed by atoms with Gasteiger partial charge in [-0.1, -0.05) is 26.0 Å². The van der Waals surface area contributed by atoms with Gasteiger partial charge in [-0.3, -0.25) is 24.1 Å². The molecule has 1 aromatic heterocycles. The fourth-order valence-electron chi connectivity index (χ4n) is 5.20. The van der Waals surface area contributed by atoms with Crippen LogP contribution in [0.2, 0.25) is 0 Å². The van der Waals surface area contributed by atoms with E-state index in [0.29, 0.717) is 57.5 Å². The van der Waals surface area contributed by atoms with E-state index in [1.807, 2.05) is 32.1 Å². The number of furan rings is 1. The molecule has 0 saturated carbocycles. The van der Waals surface area contributed by atoms with Crippen molar-refractivity contribution < 1.29 is 23.6 Å². The average molecular weight is 456 g/mol. The zero-order valence-corrected chi connectivity index (χ0v) is 19.4. The number of piperidine rings is 1. The minimum absolute atomic E-state index is 0.0429. The SMILES string of the molecule is CC(C)CC(C(=O)N1CCC(C(=O)NCc2ccco2)CC1)N1C(=O)C2CC=CCC2C1=O. The van der Waals surface area contributed by atoms with Crippen LogP contribution < -0.4 is 5.32 Å². The van der Waals surface area contributed by atoms with Crippen LogP contribution in [-0.4, -0.2) is 52.6 Å². The molecule has 3 heterocycles. The van der Waals surface area contributed by atoms with E-state index in [4.69, 9.17) is 4.42 Å². The number of rotatable bonds is 7. The summed E-state index contributed by atoms with van der Waals surface area (Å²) >= 11 is 0. The number of hydrogen-bond acceptors (Lipinski definition) is 5. The van der Waals surface area contributed by atoms with Crippen molar-refractivity contribution in [1.82, 2.24) is 15.1 Å². The number of nitrogens with zero attached hydrogens (tertiary/aromatic N) is 2. The largest absolute Gasteiger partial charge is 0.467 e. The van der Waals surface area contributed by atoms with Gasteiger partial charge in [-0.25, -0.2) is 0 Å². The molecular weight excluding hydrogens is 422 g/mol. The molecule has 2 aliphatic heterocycles. The average Bonchev–Trinajstić information content (AvgIpc) is 3.43. The highest BCUT2D eigenvalue weighted by atomic mass is 16.3. The van der Waals surface area contributed by atoms with E-state index in [0.717, 1.165) is 0 Å². The van der Waals surface area contributed by atoms with Crippen molar-refractivity contribution in [3.05, 3.63) is 36.3 Å². The number of imide groups is 1. The molecule has 8 nitrogen and oxygen atoms in total. The van der Waals surface area contributed by atoms with Gasteiger partial charge in [-0.05, 0) is 50.2 Å². The number of allylic oxidation sites excluding steroid dienone is 2. The van der Waals surface area contributed by atoms with Gasteiger partial charge in [0.1, 0.15) is 11.8 Å². The monoisotopic (exact) mass is 455 g/mol. The van der Waals surface area contributed by atoms with Crippen LogP contribution >= 0.6 is 0 Å². The maximum Gasteiger partial charge on any atom is 0.245 e. The number of likely N-dealkylation sites (tertiary alicyclic amines) is 2. The van der Waals surface area contributed by atoms with E-state index in [2.05, 4.69) is 5.32 Å². The molecule has 0 bridgehead atoms. The van der Waals surface area contributed by atoms with Gasteiger partial charge in [0.15, 0.2) is 0 Å². The Bertz CT molecular complexity index is 888. The summed E-state index contributed by atoms with van der Waals surface area (Å²) < 4.78 is 5.25. The van der Waals surface area contributed by atoms with Gasteiger partial charge in [0.2, 0.25) is 23.6 Å². The number of carbonyl (C=O) groups excluding carboxylic acids is 4. The Labute approximate surface area is 194 Å². The van der Waals surface area contributed by atoms with Crippen LogP contribution in [0.25, 0.3) is 0 Å². The fraction of sp³-hybridized carbons (Fsp3) is 0.600. The lowest BCUT2D eigenvalue weighted by molar-refractivity contribution is -0.153. The molecule has 3 aliphatic rings. The molecule has 8 heteroatoms. The summed E-state index contributed by atoms with van der Waals surface area (Å²) in [5.41, 5.74) is 0. The molecule has 1 N–H and O–H groups in total. The van der Waals surface area contributed by atoms with E-state index in [1.165, 1.54) is 4.90 Å². The molecular formula is C25H33N3O5. The van der Waals surface area contributed by atoms with Crippen LogP contribution in [0.5, 0.6) is 0 Å². The second kappa shape index (κ2) is 9.93. The van der Waals surface area contributed by atoms with E-state index >= 15 is 0 Å². The first kappa shape index (κ1) is 23.3. The minimum atomic E-state index is -0.764. The quantitative estimate of drug-likeness (QED) is 0.503. The van der Waals surface area contributed by atoms with Crippen LogP contribution in [0, 0.1) is 23.7 Å². The fourth-order valence-corrected chi connectivity index (χ4v) is 5.20. The molecule has 0 radical (unpaired) electrons. The van der Waals surface area contributed by atoms with Crippen molar-refractivity contribution >= 4 is 23.6 Å². The number of fused-ring (bicyclic) bond motifs is 1. The third-order valence-electron chi connectivity index (χ3n) is 7.03.